The van der Waals surface area contributed by atoms with E-state index in [9.17, 15) is 4.79 Å². The van der Waals surface area contributed by atoms with Crippen LogP contribution in [0.25, 0.3) is 0 Å². The van der Waals surface area contributed by atoms with Gasteiger partial charge in [0.25, 0.3) is 0 Å². The van der Waals surface area contributed by atoms with Crippen molar-refractivity contribution >= 4 is 23.3 Å². The minimum Gasteiger partial charge on any atom is -0.497 e. The summed E-state index contributed by atoms with van der Waals surface area (Å²) in [5.41, 5.74) is 1.75. The highest BCUT2D eigenvalue weighted by atomic mass is 35.5. The summed E-state index contributed by atoms with van der Waals surface area (Å²) in [7, 11) is 1.63. The van der Waals surface area contributed by atoms with Gasteiger partial charge >= 0.3 is 6.03 Å². The first-order valence-corrected chi connectivity index (χ1v) is 8.10. The van der Waals surface area contributed by atoms with E-state index >= 15 is 0 Å². The van der Waals surface area contributed by atoms with Crippen LogP contribution in [0.1, 0.15) is 11.7 Å². The molecule has 1 N–H and O–H groups in total. The molecule has 1 saturated heterocycles. The highest BCUT2D eigenvalue weighted by molar-refractivity contribution is 6.30. The zero-order valence-corrected chi connectivity index (χ0v) is 14.1. The molecule has 0 aromatic heterocycles. The van der Waals surface area contributed by atoms with E-state index in [1.807, 2.05) is 24.3 Å². The van der Waals surface area contributed by atoms with Gasteiger partial charge in [0.05, 0.1) is 20.3 Å². The maximum Gasteiger partial charge on any atom is 0.322 e. The molecule has 6 heteroatoms. The Balaban J connectivity index is 1.63. The zero-order chi connectivity index (χ0) is 16.9. The van der Waals surface area contributed by atoms with Crippen LogP contribution in [0.3, 0.4) is 0 Å². The van der Waals surface area contributed by atoms with Crippen molar-refractivity contribution in [3.63, 3.8) is 0 Å². The third-order valence-corrected chi connectivity index (χ3v) is 4.19. The lowest BCUT2D eigenvalue weighted by Crippen LogP contribution is -2.44. The average molecular weight is 347 g/mol. The molecule has 0 spiro atoms. The first-order valence-electron chi connectivity index (χ1n) is 7.73. The fraction of sp³-hybridized carbons (Fsp3) is 0.278. The third kappa shape index (κ3) is 3.99. The largest absolute Gasteiger partial charge is 0.497 e. The van der Waals surface area contributed by atoms with Gasteiger partial charge in [-0.2, -0.15) is 0 Å². The van der Waals surface area contributed by atoms with Crippen molar-refractivity contribution in [1.82, 2.24) is 4.90 Å². The Labute approximate surface area is 146 Å². The van der Waals surface area contributed by atoms with Crippen molar-refractivity contribution < 1.29 is 14.3 Å². The maximum atomic E-state index is 12.4. The molecule has 3 rings (SSSR count). The number of halogens is 1. The molecule has 0 aliphatic carbocycles. The predicted octanol–water partition coefficient (Wildman–Crippen LogP) is 3.95. The molecular weight excluding hydrogens is 328 g/mol. The minimum atomic E-state index is -0.140. The monoisotopic (exact) mass is 346 g/mol. The molecule has 1 aliphatic heterocycles. The van der Waals surface area contributed by atoms with Gasteiger partial charge in [-0.3, -0.25) is 0 Å². The van der Waals surface area contributed by atoms with Gasteiger partial charge in [-0.15, -0.1) is 0 Å². The van der Waals surface area contributed by atoms with Crippen molar-refractivity contribution in [2.24, 2.45) is 0 Å². The second-order valence-corrected chi connectivity index (χ2v) is 5.95. The van der Waals surface area contributed by atoms with E-state index in [1.54, 1.807) is 36.3 Å². The van der Waals surface area contributed by atoms with Gasteiger partial charge in [-0.1, -0.05) is 23.7 Å². The van der Waals surface area contributed by atoms with Gasteiger partial charge in [0.2, 0.25) is 0 Å². The van der Waals surface area contributed by atoms with Crippen LogP contribution in [0, 0.1) is 0 Å². The summed E-state index contributed by atoms with van der Waals surface area (Å²) in [6.45, 7) is 1.57. The van der Waals surface area contributed by atoms with Crippen LogP contribution in [0.2, 0.25) is 5.02 Å². The molecule has 2 aromatic carbocycles. The molecule has 2 aromatic rings. The standard InChI is InChI=1S/C18H19ClN2O3/c1-23-16-8-2-13(3-9-16)17-12-21(10-11-24-17)18(22)20-15-6-4-14(19)5-7-15/h2-9,17H,10-12H2,1H3,(H,20,22). The number of rotatable bonds is 3. The summed E-state index contributed by atoms with van der Waals surface area (Å²) in [5, 5.41) is 3.52. The van der Waals surface area contributed by atoms with Crippen LogP contribution in [-0.4, -0.2) is 37.7 Å². The second-order valence-electron chi connectivity index (χ2n) is 5.52. The summed E-state index contributed by atoms with van der Waals surface area (Å²) in [4.78, 5) is 14.2. The molecule has 0 saturated carbocycles. The summed E-state index contributed by atoms with van der Waals surface area (Å²) < 4.78 is 11.0. The van der Waals surface area contributed by atoms with Gasteiger partial charge in [0, 0.05) is 17.3 Å². The molecule has 0 bridgehead atoms. The van der Waals surface area contributed by atoms with E-state index in [0.717, 1.165) is 17.0 Å². The van der Waals surface area contributed by atoms with Crippen molar-refractivity contribution in [1.29, 1.82) is 0 Å². The van der Waals surface area contributed by atoms with Gasteiger partial charge < -0.3 is 19.7 Å². The van der Waals surface area contributed by atoms with E-state index in [-0.39, 0.29) is 12.1 Å². The number of nitrogens with one attached hydrogen (secondary N) is 1. The van der Waals surface area contributed by atoms with E-state index in [4.69, 9.17) is 21.1 Å². The van der Waals surface area contributed by atoms with Crippen LogP contribution in [0.4, 0.5) is 10.5 Å². The highest BCUT2D eigenvalue weighted by Gasteiger charge is 2.25. The van der Waals surface area contributed by atoms with Crippen LogP contribution in [-0.2, 0) is 4.74 Å². The average Bonchev–Trinajstić information content (AvgIpc) is 2.64. The Morgan fingerprint density at radius 2 is 1.92 bits per heavy atom. The number of urea groups is 1. The molecule has 5 nitrogen and oxygen atoms in total. The Kier molecular flexibility index (Phi) is 5.23. The Bertz CT molecular complexity index is 688. The van der Waals surface area contributed by atoms with Crippen molar-refractivity contribution in [3.8, 4) is 5.75 Å². The number of nitrogens with zero attached hydrogens (tertiary/aromatic N) is 1. The molecule has 126 valence electrons. The Morgan fingerprint density at radius 1 is 1.21 bits per heavy atom. The smallest absolute Gasteiger partial charge is 0.322 e. The minimum absolute atomic E-state index is 0.138. The van der Waals surface area contributed by atoms with Crippen LogP contribution >= 0.6 is 11.6 Å². The Hall–Kier alpha value is -2.24. The van der Waals surface area contributed by atoms with Crippen LogP contribution < -0.4 is 10.1 Å². The normalized spacial score (nSPS) is 17.4. The van der Waals surface area contributed by atoms with Crippen LogP contribution in [0.5, 0.6) is 5.75 Å². The molecule has 2 amide bonds. The van der Waals surface area contributed by atoms with Crippen molar-refractivity contribution in [2.75, 3.05) is 32.1 Å². The molecule has 1 atom stereocenters. The van der Waals surface area contributed by atoms with Gasteiger partial charge in [0.1, 0.15) is 11.9 Å². The van der Waals surface area contributed by atoms with Crippen LogP contribution in [0.15, 0.2) is 48.5 Å². The fourth-order valence-corrected chi connectivity index (χ4v) is 2.72. The van der Waals surface area contributed by atoms with E-state index < -0.39 is 0 Å². The summed E-state index contributed by atoms with van der Waals surface area (Å²) in [5.74, 6) is 0.798. The number of anilines is 1. The maximum absolute atomic E-state index is 12.4. The number of amides is 2. The number of ether oxygens (including phenoxy) is 2. The van der Waals surface area contributed by atoms with E-state index in [0.29, 0.717) is 24.7 Å². The first-order chi connectivity index (χ1) is 11.7. The summed E-state index contributed by atoms with van der Waals surface area (Å²) in [6, 6.07) is 14.6. The first kappa shape index (κ1) is 16.6. The SMILES string of the molecule is COc1ccc(C2CN(C(=O)Nc3ccc(Cl)cc3)CCO2)cc1. The molecular formula is C18H19ClN2O3. The van der Waals surface area contributed by atoms with E-state index in [1.165, 1.54) is 0 Å². The lowest BCUT2D eigenvalue weighted by Gasteiger charge is -2.33. The lowest BCUT2D eigenvalue weighted by molar-refractivity contribution is -0.0135. The second kappa shape index (κ2) is 7.55. The highest BCUT2D eigenvalue weighted by Crippen LogP contribution is 2.25. The number of hydrogen-bond donors (Lipinski definition) is 1. The number of carbonyl (C=O) groups excluding carboxylic acids is 1. The molecule has 0 radical (unpaired) electrons. The topological polar surface area (TPSA) is 50.8 Å². The lowest BCUT2D eigenvalue weighted by atomic mass is 10.1. The summed E-state index contributed by atoms with van der Waals surface area (Å²) >= 11 is 5.86. The number of benzene rings is 2. The molecule has 1 unspecified atom stereocenters. The number of morpholine rings is 1. The molecule has 1 fully saturated rings. The van der Waals surface area contributed by atoms with E-state index in [2.05, 4.69) is 5.32 Å². The number of hydrogen-bond acceptors (Lipinski definition) is 3. The van der Waals surface area contributed by atoms with Gasteiger partial charge in [-0.05, 0) is 42.0 Å². The van der Waals surface area contributed by atoms with Gasteiger partial charge in [-0.25, -0.2) is 4.79 Å². The number of methoxy groups -OCH3 is 1. The fourth-order valence-electron chi connectivity index (χ4n) is 2.59. The molecule has 1 heterocycles. The Morgan fingerprint density at radius 3 is 2.58 bits per heavy atom. The van der Waals surface area contributed by atoms with Crippen molar-refractivity contribution in [3.05, 3.63) is 59.1 Å². The quantitative estimate of drug-likeness (QED) is 0.915. The third-order valence-electron chi connectivity index (χ3n) is 3.94. The van der Waals surface area contributed by atoms with Crippen molar-refractivity contribution in [2.45, 2.75) is 6.10 Å². The van der Waals surface area contributed by atoms with Gasteiger partial charge in [0.15, 0.2) is 0 Å². The molecule has 24 heavy (non-hydrogen) atoms. The predicted molar refractivity (Wildman–Crippen MR) is 93.7 cm³/mol. The summed E-state index contributed by atoms with van der Waals surface area (Å²) in [6.07, 6.45) is -0.138. The zero-order valence-electron chi connectivity index (χ0n) is 13.4. The number of carbonyl (C=O) groups is 1. The molecule has 1 aliphatic rings.